The van der Waals surface area contributed by atoms with Crippen LogP contribution in [0, 0.1) is 6.92 Å². The second kappa shape index (κ2) is 7.26. The number of carbonyl (C=O) groups excluding carboxylic acids is 3. The minimum absolute atomic E-state index is 0.331. The van der Waals surface area contributed by atoms with E-state index in [1.54, 1.807) is 49.0 Å². The predicted octanol–water partition coefficient (Wildman–Crippen LogP) is 1.44. The van der Waals surface area contributed by atoms with Crippen LogP contribution in [0.1, 0.15) is 22.0 Å². The molecule has 2 rings (SSSR count). The molecule has 2 heterocycles. The number of esters is 1. The number of ether oxygens (including phenoxy) is 1. The van der Waals surface area contributed by atoms with Gasteiger partial charge in [-0.2, -0.15) is 0 Å². The second-order valence-electron chi connectivity index (χ2n) is 4.77. The van der Waals surface area contributed by atoms with E-state index < -0.39 is 24.4 Å². The summed E-state index contributed by atoms with van der Waals surface area (Å²) in [7, 11) is 1.68. The second-order valence-corrected chi connectivity index (χ2v) is 4.77. The molecule has 7 nitrogen and oxygen atoms in total. The van der Waals surface area contributed by atoms with Gasteiger partial charge in [-0.1, -0.05) is 0 Å². The normalized spacial score (nSPS) is 10.7. The summed E-state index contributed by atoms with van der Waals surface area (Å²) in [6.07, 6.45) is 4.26. The van der Waals surface area contributed by atoms with Gasteiger partial charge in [-0.25, -0.2) is 4.79 Å². The van der Waals surface area contributed by atoms with Gasteiger partial charge in [0.05, 0.1) is 0 Å². The van der Waals surface area contributed by atoms with Crippen LogP contribution in [0.25, 0.3) is 6.08 Å². The van der Waals surface area contributed by atoms with Gasteiger partial charge in [-0.15, -0.1) is 0 Å². The van der Waals surface area contributed by atoms with Crippen molar-refractivity contribution in [1.29, 1.82) is 0 Å². The lowest BCUT2D eigenvalue weighted by Gasteiger charge is -2.05. The maximum atomic E-state index is 11.8. The number of amides is 2. The third-order valence-corrected chi connectivity index (χ3v) is 2.92. The van der Waals surface area contributed by atoms with Gasteiger partial charge in [0, 0.05) is 19.3 Å². The molecule has 2 amide bonds. The van der Waals surface area contributed by atoms with Gasteiger partial charge < -0.3 is 13.7 Å². The van der Waals surface area contributed by atoms with Crippen molar-refractivity contribution in [2.75, 3.05) is 6.61 Å². The van der Waals surface area contributed by atoms with Crippen LogP contribution in [0.15, 0.2) is 41.0 Å². The molecule has 0 aliphatic carbocycles. The van der Waals surface area contributed by atoms with E-state index in [1.165, 1.54) is 6.08 Å². The van der Waals surface area contributed by atoms with E-state index in [-0.39, 0.29) is 0 Å². The topological polar surface area (TPSA) is 90.5 Å². The molecule has 0 saturated carbocycles. The third kappa shape index (κ3) is 4.70. The van der Waals surface area contributed by atoms with Crippen molar-refractivity contribution in [2.45, 2.75) is 6.92 Å². The number of furan rings is 1. The average molecular weight is 316 g/mol. The Hall–Kier alpha value is -3.09. The number of carbonyl (C=O) groups is 3. The summed E-state index contributed by atoms with van der Waals surface area (Å²) in [6.45, 7) is 1.24. The fraction of sp³-hybridized carbons (Fsp3) is 0.188. The summed E-state index contributed by atoms with van der Waals surface area (Å²) in [5.74, 6) is -0.744. The maximum Gasteiger partial charge on any atom is 0.331 e. The first-order chi connectivity index (χ1) is 11.0. The highest BCUT2D eigenvalue weighted by atomic mass is 16.5. The molecule has 0 unspecified atom stereocenters. The summed E-state index contributed by atoms with van der Waals surface area (Å²) < 4.78 is 11.6. The van der Waals surface area contributed by atoms with E-state index in [1.807, 2.05) is 0 Å². The summed E-state index contributed by atoms with van der Waals surface area (Å²) >= 11 is 0. The minimum Gasteiger partial charge on any atom is -0.462 e. The van der Waals surface area contributed by atoms with Gasteiger partial charge >= 0.3 is 5.97 Å². The maximum absolute atomic E-state index is 11.8. The lowest BCUT2D eigenvalue weighted by molar-refractivity contribution is -0.143. The van der Waals surface area contributed by atoms with Crippen molar-refractivity contribution < 1.29 is 23.5 Å². The van der Waals surface area contributed by atoms with Crippen LogP contribution in [0.3, 0.4) is 0 Å². The van der Waals surface area contributed by atoms with E-state index >= 15 is 0 Å². The monoisotopic (exact) mass is 316 g/mol. The lowest BCUT2D eigenvalue weighted by atomic mass is 10.4. The van der Waals surface area contributed by atoms with Crippen molar-refractivity contribution in [2.24, 2.45) is 7.05 Å². The Bertz CT molecular complexity index is 754. The van der Waals surface area contributed by atoms with Crippen LogP contribution in [-0.4, -0.2) is 29.0 Å². The van der Waals surface area contributed by atoms with Crippen molar-refractivity contribution >= 4 is 23.9 Å². The van der Waals surface area contributed by atoms with Crippen molar-refractivity contribution in [3.05, 3.63) is 53.8 Å². The fourth-order valence-electron chi connectivity index (χ4n) is 1.80. The van der Waals surface area contributed by atoms with Crippen molar-refractivity contribution in [3.8, 4) is 0 Å². The smallest absolute Gasteiger partial charge is 0.331 e. The lowest BCUT2D eigenvalue weighted by Crippen LogP contribution is -2.34. The Morgan fingerprint density at radius 1 is 1.30 bits per heavy atom. The van der Waals surface area contributed by atoms with Crippen molar-refractivity contribution in [3.63, 3.8) is 0 Å². The highest BCUT2D eigenvalue weighted by molar-refractivity contribution is 6.04. The Balaban J connectivity index is 1.78. The third-order valence-electron chi connectivity index (χ3n) is 2.92. The molecule has 0 atom stereocenters. The van der Waals surface area contributed by atoms with Crippen molar-refractivity contribution in [1.82, 2.24) is 9.88 Å². The number of imide groups is 1. The standard InChI is InChI=1S/C16H16N2O5/c1-11-5-6-12(23-11)7-8-15(20)22-10-14(19)17-16(21)13-4-3-9-18(13)2/h3-9H,10H2,1-2H3,(H,17,19,21)/b8-7+. The number of hydrogen-bond acceptors (Lipinski definition) is 5. The van der Waals surface area contributed by atoms with Gasteiger partial charge in [0.15, 0.2) is 6.61 Å². The van der Waals surface area contributed by atoms with Gasteiger partial charge in [0.2, 0.25) is 0 Å². The molecule has 0 aliphatic rings. The predicted molar refractivity (Wildman–Crippen MR) is 81.3 cm³/mol. The molecule has 1 N–H and O–H groups in total. The molecular formula is C16H16N2O5. The van der Waals surface area contributed by atoms with E-state index in [2.05, 4.69) is 5.32 Å². The zero-order valence-electron chi connectivity index (χ0n) is 12.7. The van der Waals surface area contributed by atoms with Crippen LogP contribution in [0.5, 0.6) is 0 Å². The van der Waals surface area contributed by atoms with Crippen LogP contribution in [0.4, 0.5) is 0 Å². The van der Waals surface area contributed by atoms with E-state index in [4.69, 9.17) is 9.15 Å². The molecule has 0 radical (unpaired) electrons. The molecule has 0 spiro atoms. The summed E-state index contributed by atoms with van der Waals surface area (Å²) in [5.41, 5.74) is 0.331. The Morgan fingerprint density at radius 3 is 2.70 bits per heavy atom. The number of hydrogen-bond donors (Lipinski definition) is 1. The van der Waals surface area contributed by atoms with Crippen LogP contribution >= 0.6 is 0 Å². The molecular weight excluding hydrogens is 300 g/mol. The SMILES string of the molecule is Cc1ccc(/C=C/C(=O)OCC(=O)NC(=O)c2cccn2C)o1. The zero-order chi connectivity index (χ0) is 16.8. The quantitative estimate of drug-likeness (QED) is 0.666. The largest absolute Gasteiger partial charge is 0.462 e. The molecule has 0 aliphatic heterocycles. The number of aryl methyl sites for hydroxylation is 2. The number of nitrogens with zero attached hydrogens (tertiary/aromatic N) is 1. The molecule has 2 aromatic rings. The van der Waals surface area contributed by atoms with E-state index in [0.717, 1.165) is 11.8 Å². The molecule has 2 aromatic heterocycles. The first-order valence-corrected chi connectivity index (χ1v) is 6.82. The number of rotatable bonds is 5. The zero-order valence-corrected chi connectivity index (χ0v) is 12.7. The van der Waals surface area contributed by atoms with E-state index in [0.29, 0.717) is 11.5 Å². The van der Waals surface area contributed by atoms with Gasteiger partial charge in [0.1, 0.15) is 17.2 Å². The fourth-order valence-corrected chi connectivity index (χ4v) is 1.80. The summed E-state index contributed by atoms with van der Waals surface area (Å²) in [6, 6.07) is 6.71. The minimum atomic E-state index is -0.708. The van der Waals surface area contributed by atoms with Crippen LogP contribution in [-0.2, 0) is 21.4 Å². The highest BCUT2D eigenvalue weighted by Gasteiger charge is 2.13. The molecule has 120 valence electrons. The molecule has 0 aromatic carbocycles. The molecule has 0 saturated heterocycles. The molecule has 7 heteroatoms. The average Bonchev–Trinajstić information content (AvgIpc) is 3.11. The molecule has 0 fully saturated rings. The van der Waals surface area contributed by atoms with Gasteiger partial charge in [-0.05, 0) is 37.3 Å². The van der Waals surface area contributed by atoms with Crippen LogP contribution in [0.2, 0.25) is 0 Å². The first-order valence-electron chi connectivity index (χ1n) is 6.82. The Morgan fingerprint density at radius 2 is 2.09 bits per heavy atom. The van der Waals surface area contributed by atoms with Crippen LogP contribution < -0.4 is 5.32 Å². The number of nitrogens with one attached hydrogen (secondary N) is 1. The Kier molecular flexibility index (Phi) is 5.14. The first kappa shape index (κ1) is 16.3. The molecule has 0 bridgehead atoms. The molecule has 23 heavy (non-hydrogen) atoms. The Labute approximate surface area is 132 Å². The summed E-state index contributed by atoms with van der Waals surface area (Å²) in [4.78, 5) is 34.8. The summed E-state index contributed by atoms with van der Waals surface area (Å²) in [5, 5.41) is 2.14. The van der Waals surface area contributed by atoms with Gasteiger partial charge in [0.25, 0.3) is 11.8 Å². The van der Waals surface area contributed by atoms with E-state index in [9.17, 15) is 14.4 Å². The highest BCUT2D eigenvalue weighted by Crippen LogP contribution is 2.07. The number of aromatic nitrogens is 1. The van der Waals surface area contributed by atoms with Gasteiger partial charge in [-0.3, -0.25) is 14.9 Å².